The largest absolute Gasteiger partial charge is 0.454 e. The summed E-state index contributed by atoms with van der Waals surface area (Å²) < 4.78 is 18.5. The monoisotopic (exact) mass is 1020 g/mol. The quantitative estimate of drug-likeness (QED) is 0.160. The van der Waals surface area contributed by atoms with Crippen molar-refractivity contribution in [3.05, 3.63) is 267 Å². The van der Waals surface area contributed by atoms with Gasteiger partial charge in [-0.05, 0) is 143 Å². The first-order valence-electron chi connectivity index (χ1n) is 27.3. The summed E-state index contributed by atoms with van der Waals surface area (Å²) in [6.45, 7) is 0. The van der Waals surface area contributed by atoms with Crippen LogP contribution in [0, 0.1) is 0 Å². The van der Waals surface area contributed by atoms with Crippen LogP contribution < -0.4 is 9.80 Å². The van der Waals surface area contributed by atoms with Gasteiger partial charge in [-0.25, -0.2) is 0 Å². The van der Waals surface area contributed by atoms with Crippen molar-refractivity contribution in [1.29, 1.82) is 0 Å². The summed E-state index contributed by atoms with van der Waals surface area (Å²) in [5.74, 6) is 0. The van der Waals surface area contributed by atoms with E-state index in [4.69, 9.17) is 8.83 Å². The lowest BCUT2D eigenvalue weighted by Gasteiger charge is -2.26. The van der Waals surface area contributed by atoms with Crippen molar-refractivity contribution in [2.24, 2.45) is 0 Å². The molecule has 0 fully saturated rings. The molecular weight excluding hydrogens is 977 g/mol. The van der Waals surface area contributed by atoms with Crippen LogP contribution in [0.15, 0.2) is 276 Å². The second-order valence-electron chi connectivity index (χ2n) is 21.2. The Morgan fingerprint density at radius 3 is 1.34 bits per heavy atom. The second kappa shape index (κ2) is 16.4. The highest BCUT2D eigenvalue weighted by Crippen LogP contribution is 2.50. The van der Waals surface area contributed by atoms with Crippen molar-refractivity contribution in [1.82, 2.24) is 8.97 Å². The van der Waals surface area contributed by atoms with Gasteiger partial charge in [0.05, 0.1) is 39.0 Å². The zero-order chi connectivity index (χ0) is 52.2. The van der Waals surface area contributed by atoms with E-state index in [1.165, 1.54) is 59.6 Å². The van der Waals surface area contributed by atoms with Crippen LogP contribution in [-0.4, -0.2) is 8.97 Å². The van der Waals surface area contributed by atoms with Gasteiger partial charge in [0.25, 0.3) is 0 Å². The Bertz CT molecular complexity index is 5560. The number of rotatable bonds is 7. The third-order valence-electron chi connectivity index (χ3n) is 16.9. The lowest BCUT2D eigenvalue weighted by atomic mass is 9.99. The molecule has 6 heteroatoms. The highest BCUT2D eigenvalue weighted by molar-refractivity contribution is 6.35. The predicted molar refractivity (Wildman–Crippen MR) is 334 cm³/mol. The van der Waals surface area contributed by atoms with E-state index in [0.29, 0.717) is 0 Å². The van der Waals surface area contributed by atoms with Crippen LogP contribution >= 0.6 is 0 Å². The fourth-order valence-corrected chi connectivity index (χ4v) is 13.5. The standard InChI is InChI=1S/C74H44N4O2/c1-4-18-49(19-5-1)75(64-30-16-27-57-55-25-11-14-32-68(55)79-73(57)64)52-36-34-45-40-59-61-44-60-54-24-10-13-29-63(54)77(51-22-8-3-9-23-51)71(60)70-62-41-46-35-37-53(39-48(46)43-67(62)78(72(61)70)66(59)42-47(45)38-52)76(50-20-6-2-7-21-50)65-31-17-28-58-56-26-12-15-33-69(56)80-74(58)65/h1-44H. The molecule has 0 saturated heterocycles. The summed E-state index contributed by atoms with van der Waals surface area (Å²) in [7, 11) is 0. The minimum Gasteiger partial charge on any atom is -0.454 e. The molecule has 0 aliphatic carbocycles. The zero-order valence-electron chi connectivity index (χ0n) is 43.0. The molecule has 0 saturated carbocycles. The van der Waals surface area contributed by atoms with Crippen LogP contribution in [0.3, 0.4) is 0 Å². The van der Waals surface area contributed by atoms with Gasteiger partial charge in [0.1, 0.15) is 11.2 Å². The van der Waals surface area contributed by atoms with E-state index in [1.54, 1.807) is 0 Å². The Kier molecular flexibility index (Phi) is 8.85. The van der Waals surface area contributed by atoms with Crippen molar-refractivity contribution in [2.45, 2.75) is 0 Å². The summed E-state index contributed by atoms with van der Waals surface area (Å²) in [6, 6.07) is 96.7. The Labute approximate surface area is 457 Å². The van der Waals surface area contributed by atoms with Gasteiger partial charge < -0.3 is 27.6 Å². The molecule has 0 unspecified atom stereocenters. The second-order valence-corrected chi connectivity index (χ2v) is 21.2. The van der Waals surface area contributed by atoms with E-state index in [-0.39, 0.29) is 0 Å². The highest BCUT2D eigenvalue weighted by atomic mass is 16.3. The number of nitrogens with zero attached hydrogens (tertiary/aromatic N) is 4. The first kappa shape index (κ1) is 43.3. The highest BCUT2D eigenvalue weighted by Gasteiger charge is 2.27. The fraction of sp³-hybridized carbons (Fsp3) is 0. The number of aromatic nitrogens is 2. The summed E-state index contributed by atoms with van der Waals surface area (Å²) in [4.78, 5) is 4.68. The maximum atomic E-state index is 6.72. The van der Waals surface area contributed by atoms with Crippen molar-refractivity contribution in [3.63, 3.8) is 0 Å². The molecule has 18 aromatic rings. The SMILES string of the molecule is c1ccc(N(c2ccc3cc4c5cc6c7ccccc7n(-c7ccccc7)c6c6c7cc8ccc(N(c9ccccc9)c9cccc%10c9oc9ccccc9%10)cc8cc7n(c4cc3c2)c56)c2cccc3c2oc2ccccc23)cc1. The molecule has 0 spiro atoms. The molecule has 0 aliphatic heterocycles. The average Bonchev–Trinajstić information content (AvgIpc) is 3.34. The number of fused-ring (bicyclic) bond motifs is 18. The van der Waals surface area contributed by atoms with Crippen molar-refractivity contribution in [3.8, 4) is 5.69 Å². The van der Waals surface area contributed by atoms with E-state index in [1.807, 2.05) is 12.1 Å². The van der Waals surface area contributed by atoms with Crippen LogP contribution in [0.4, 0.5) is 34.1 Å². The van der Waals surface area contributed by atoms with E-state index >= 15 is 0 Å². The topological polar surface area (TPSA) is 42.1 Å². The molecular formula is C74H44N4O2. The number of furan rings is 2. The van der Waals surface area contributed by atoms with Gasteiger partial charge in [0.15, 0.2) is 11.2 Å². The molecule has 18 rings (SSSR count). The molecule has 5 aromatic heterocycles. The Balaban J connectivity index is 0.921. The minimum absolute atomic E-state index is 0.856. The number of benzene rings is 13. The number of anilines is 6. The molecule has 0 N–H and O–H groups in total. The Hall–Kier alpha value is -10.8. The van der Waals surface area contributed by atoms with E-state index in [2.05, 4.69) is 274 Å². The number of para-hydroxylation sites is 8. The Morgan fingerprint density at radius 2 is 0.750 bits per heavy atom. The minimum atomic E-state index is 0.856. The molecule has 5 heterocycles. The molecule has 0 bridgehead atoms. The number of hydrogen-bond donors (Lipinski definition) is 0. The van der Waals surface area contributed by atoms with Crippen LogP contribution in [0.25, 0.3) is 131 Å². The van der Waals surface area contributed by atoms with Crippen molar-refractivity contribution < 1.29 is 8.83 Å². The van der Waals surface area contributed by atoms with Gasteiger partial charge in [0, 0.05) is 82.3 Å². The third-order valence-corrected chi connectivity index (χ3v) is 16.9. The molecule has 0 radical (unpaired) electrons. The molecule has 80 heavy (non-hydrogen) atoms. The maximum absolute atomic E-state index is 6.72. The molecule has 0 atom stereocenters. The Morgan fingerprint density at radius 1 is 0.275 bits per heavy atom. The van der Waals surface area contributed by atoms with Gasteiger partial charge in [-0.2, -0.15) is 0 Å². The van der Waals surface area contributed by atoms with Crippen LogP contribution in [0.1, 0.15) is 0 Å². The zero-order valence-corrected chi connectivity index (χ0v) is 43.0. The third kappa shape index (κ3) is 6.07. The maximum Gasteiger partial charge on any atom is 0.159 e. The predicted octanol–water partition coefficient (Wildman–Crippen LogP) is 21.0. The number of hydrogen-bond acceptors (Lipinski definition) is 4. The van der Waals surface area contributed by atoms with E-state index in [9.17, 15) is 0 Å². The van der Waals surface area contributed by atoms with Gasteiger partial charge in [-0.15, -0.1) is 0 Å². The lowest BCUT2D eigenvalue weighted by molar-refractivity contribution is 0.668. The average molecular weight is 1020 g/mol. The van der Waals surface area contributed by atoms with E-state index < -0.39 is 0 Å². The fourth-order valence-electron chi connectivity index (χ4n) is 13.5. The van der Waals surface area contributed by atoms with Gasteiger partial charge in [-0.3, -0.25) is 0 Å². The first-order chi connectivity index (χ1) is 39.7. The van der Waals surface area contributed by atoms with Crippen LogP contribution in [0.5, 0.6) is 0 Å². The summed E-state index contributed by atoms with van der Waals surface area (Å²) >= 11 is 0. The molecule has 372 valence electrons. The van der Waals surface area contributed by atoms with Crippen molar-refractivity contribution >= 4 is 159 Å². The first-order valence-corrected chi connectivity index (χ1v) is 27.3. The summed E-state index contributed by atoms with van der Waals surface area (Å²) in [6.07, 6.45) is 0. The van der Waals surface area contributed by atoms with Gasteiger partial charge in [-0.1, -0.05) is 146 Å². The van der Waals surface area contributed by atoms with Crippen LogP contribution in [0.2, 0.25) is 0 Å². The van der Waals surface area contributed by atoms with E-state index in [0.717, 1.165) is 105 Å². The molecule has 6 nitrogen and oxygen atoms in total. The summed E-state index contributed by atoms with van der Waals surface area (Å²) in [5, 5.41) is 16.4. The van der Waals surface area contributed by atoms with Crippen molar-refractivity contribution in [2.75, 3.05) is 9.80 Å². The molecule has 13 aromatic carbocycles. The van der Waals surface area contributed by atoms with Crippen LogP contribution in [-0.2, 0) is 0 Å². The van der Waals surface area contributed by atoms with Gasteiger partial charge in [0.2, 0.25) is 0 Å². The lowest BCUT2D eigenvalue weighted by Crippen LogP contribution is -2.10. The van der Waals surface area contributed by atoms with Gasteiger partial charge >= 0.3 is 0 Å². The molecule has 0 amide bonds. The smallest absolute Gasteiger partial charge is 0.159 e. The normalized spacial score (nSPS) is 12.2. The summed E-state index contributed by atoms with van der Waals surface area (Å²) in [5.41, 5.74) is 16.7. The molecule has 0 aliphatic rings.